The molecule has 0 spiro atoms. The Kier molecular flexibility index (Phi) is 7.12. The average molecular weight is 229 g/mol. The smallest absolute Gasteiger partial charge is 0.216 e. The lowest BCUT2D eigenvalue weighted by Crippen LogP contribution is -2.38. The SMILES string of the molecule is CC(=O)NCCNCCCN1CCOCC1. The van der Waals surface area contributed by atoms with Crippen molar-refractivity contribution in [1.29, 1.82) is 0 Å². The van der Waals surface area contributed by atoms with E-state index < -0.39 is 0 Å². The van der Waals surface area contributed by atoms with Crippen LogP contribution in [0.3, 0.4) is 0 Å². The van der Waals surface area contributed by atoms with Crippen LogP contribution in [0.4, 0.5) is 0 Å². The van der Waals surface area contributed by atoms with Gasteiger partial charge in [-0.3, -0.25) is 9.69 Å². The molecule has 1 rings (SSSR count). The molecule has 16 heavy (non-hydrogen) atoms. The van der Waals surface area contributed by atoms with E-state index in [2.05, 4.69) is 15.5 Å². The first-order valence-corrected chi connectivity index (χ1v) is 6.04. The van der Waals surface area contributed by atoms with Crippen molar-refractivity contribution in [1.82, 2.24) is 15.5 Å². The molecule has 0 atom stereocenters. The van der Waals surface area contributed by atoms with Crippen LogP contribution in [0, 0.1) is 0 Å². The van der Waals surface area contributed by atoms with Crippen molar-refractivity contribution in [2.24, 2.45) is 0 Å². The predicted molar refractivity (Wildman–Crippen MR) is 63.4 cm³/mol. The highest BCUT2D eigenvalue weighted by atomic mass is 16.5. The topological polar surface area (TPSA) is 53.6 Å². The van der Waals surface area contributed by atoms with Crippen LogP contribution in [0.25, 0.3) is 0 Å². The van der Waals surface area contributed by atoms with E-state index in [0.29, 0.717) is 6.54 Å². The molecule has 0 bridgehead atoms. The maximum absolute atomic E-state index is 10.6. The Balaban J connectivity index is 1.82. The second kappa shape index (κ2) is 8.50. The second-order valence-electron chi connectivity index (χ2n) is 4.04. The third-order valence-corrected chi connectivity index (χ3v) is 2.61. The lowest BCUT2D eigenvalue weighted by atomic mass is 10.3. The van der Waals surface area contributed by atoms with Crippen LogP contribution < -0.4 is 10.6 Å². The minimum atomic E-state index is 0.0371. The zero-order chi connectivity index (χ0) is 11.6. The molecule has 1 saturated heterocycles. The zero-order valence-corrected chi connectivity index (χ0v) is 10.1. The first-order valence-electron chi connectivity index (χ1n) is 6.04. The molecule has 5 nitrogen and oxygen atoms in total. The summed E-state index contributed by atoms with van der Waals surface area (Å²) in [6.07, 6.45) is 1.15. The van der Waals surface area contributed by atoms with Crippen molar-refractivity contribution in [3.05, 3.63) is 0 Å². The number of morpholine rings is 1. The molecule has 1 aliphatic rings. The summed E-state index contributed by atoms with van der Waals surface area (Å²) in [5, 5.41) is 6.07. The first kappa shape index (κ1) is 13.4. The summed E-state index contributed by atoms with van der Waals surface area (Å²) in [6.45, 7) is 9.12. The van der Waals surface area contributed by atoms with Crippen molar-refractivity contribution < 1.29 is 9.53 Å². The fourth-order valence-electron chi connectivity index (χ4n) is 1.70. The van der Waals surface area contributed by atoms with Gasteiger partial charge in [-0.15, -0.1) is 0 Å². The van der Waals surface area contributed by atoms with Gasteiger partial charge < -0.3 is 15.4 Å². The van der Waals surface area contributed by atoms with Crippen LogP contribution in [0.1, 0.15) is 13.3 Å². The highest BCUT2D eigenvalue weighted by Gasteiger charge is 2.08. The number of nitrogens with one attached hydrogen (secondary N) is 2. The molecule has 0 radical (unpaired) electrons. The number of rotatable bonds is 7. The highest BCUT2D eigenvalue weighted by Crippen LogP contribution is 1.96. The minimum absolute atomic E-state index is 0.0371. The number of amides is 1. The van der Waals surface area contributed by atoms with Crippen molar-refractivity contribution in [2.75, 3.05) is 52.5 Å². The number of nitrogens with zero attached hydrogens (tertiary/aromatic N) is 1. The predicted octanol–water partition coefficient (Wildman–Crippen LogP) is -0.566. The Hall–Kier alpha value is -0.650. The van der Waals surface area contributed by atoms with Crippen LogP contribution in [0.2, 0.25) is 0 Å². The summed E-state index contributed by atoms with van der Waals surface area (Å²) < 4.78 is 5.28. The molecule has 0 aromatic carbocycles. The van der Waals surface area contributed by atoms with Gasteiger partial charge in [0, 0.05) is 33.1 Å². The van der Waals surface area contributed by atoms with E-state index in [1.807, 2.05) is 0 Å². The maximum atomic E-state index is 10.6. The van der Waals surface area contributed by atoms with Crippen LogP contribution in [-0.4, -0.2) is 63.3 Å². The van der Waals surface area contributed by atoms with Gasteiger partial charge >= 0.3 is 0 Å². The molecule has 0 unspecified atom stereocenters. The van der Waals surface area contributed by atoms with Crippen LogP contribution >= 0.6 is 0 Å². The Bertz CT molecular complexity index is 194. The third kappa shape index (κ3) is 6.76. The molecular weight excluding hydrogens is 206 g/mol. The van der Waals surface area contributed by atoms with Gasteiger partial charge in [-0.05, 0) is 19.5 Å². The van der Waals surface area contributed by atoms with Crippen molar-refractivity contribution in [3.8, 4) is 0 Å². The third-order valence-electron chi connectivity index (χ3n) is 2.61. The summed E-state index contributed by atoms with van der Waals surface area (Å²) in [5.41, 5.74) is 0. The summed E-state index contributed by atoms with van der Waals surface area (Å²) in [4.78, 5) is 13.0. The fraction of sp³-hybridized carbons (Fsp3) is 0.909. The highest BCUT2D eigenvalue weighted by molar-refractivity contribution is 5.72. The molecule has 94 valence electrons. The van der Waals surface area contributed by atoms with Gasteiger partial charge in [0.05, 0.1) is 13.2 Å². The van der Waals surface area contributed by atoms with Crippen molar-refractivity contribution in [2.45, 2.75) is 13.3 Å². The van der Waals surface area contributed by atoms with Gasteiger partial charge in [-0.2, -0.15) is 0 Å². The summed E-state index contributed by atoms with van der Waals surface area (Å²) in [7, 11) is 0. The second-order valence-corrected chi connectivity index (χ2v) is 4.04. The molecule has 1 fully saturated rings. The Morgan fingerprint density at radius 2 is 2.00 bits per heavy atom. The minimum Gasteiger partial charge on any atom is -0.379 e. The number of ether oxygens (including phenoxy) is 1. The van der Waals surface area contributed by atoms with Gasteiger partial charge in [0.1, 0.15) is 0 Å². The molecule has 0 aliphatic carbocycles. The summed E-state index contributed by atoms with van der Waals surface area (Å²) in [6, 6.07) is 0. The van der Waals surface area contributed by atoms with Crippen LogP contribution in [-0.2, 0) is 9.53 Å². The monoisotopic (exact) mass is 229 g/mol. The molecular formula is C11H23N3O2. The molecule has 1 amide bonds. The lowest BCUT2D eigenvalue weighted by molar-refractivity contribution is -0.118. The molecule has 0 aromatic rings. The summed E-state index contributed by atoms with van der Waals surface area (Å²) in [5.74, 6) is 0.0371. The Labute approximate surface area is 97.5 Å². The van der Waals surface area contributed by atoms with Crippen molar-refractivity contribution in [3.63, 3.8) is 0 Å². The molecule has 5 heteroatoms. The van der Waals surface area contributed by atoms with Crippen LogP contribution in [0.15, 0.2) is 0 Å². The van der Waals surface area contributed by atoms with Gasteiger partial charge in [0.25, 0.3) is 0 Å². The Morgan fingerprint density at radius 1 is 1.25 bits per heavy atom. The van der Waals surface area contributed by atoms with E-state index in [4.69, 9.17) is 4.74 Å². The number of hydrogen-bond acceptors (Lipinski definition) is 4. The molecule has 0 aromatic heterocycles. The average Bonchev–Trinajstić information content (AvgIpc) is 2.29. The molecule has 1 heterocycles. The number of hydrogen-bond donors (Lipinski definition) is 2. The van der Waals surface area contributed by atoms with Crippen molar-refractivity contribution >= 4 is 5.91 Å². The van der Waals surface area contributed by atoms with Gasteiger partial charge in [-0.25, -0.2) is 0 Å². The number of carbonyl (C=O) groups is 1. The van der Waals surface area contributed by atoms with E-state index in [9.17, 15) is 4.79 Å². The molecule has 2 N–H and O–H groups in total. The van der Waals surface area contributed by atoms with E-state index >= 15 is 0 Å². The Morgan fingerprint density at radius 3 is 2.69 bits per heavy atom. The van der Waals surface area contributed by atoms with Gasteiger partial charge in [0.2, 0.25) is 5.91 Å². The molecule has 1 aliphatic heterocycles. The van der Waals surface area contributed by atoms with E-state index in [1.165, 1.54) is 0 Å². The fourth-order valence-corrected chi connectivity index (χ4v) is 1.70. The maximum Gasteiger partial charge on any atom is 0.216 e. The number of carbonyl (C=O) groups excluding carboxylic acids is 1. The van der Waals surface area contributed by atoms with Crippen LogP contribution in [0.5, 0.6) is 0 Å². The van der Waals surface area contributed by atoms with Gasteiger partial charge in [-0.1, -0.05) is 0 Å². The van der Waals surface area contributed by atoms with Gasteiger partial charge in [0.15, 0.2) is 0 Å². The van der Waals surface area contributed by atoms with E-state index in [0.717, 1.165) is 52.4 Å². The summed E-state index contributed by atoms with van der Waals surface area (Å²) >= 11 is 0. The largest absolute Gasteiger partial charge is 0.379 e. The zero-order valence-electron chi connectivity index (χ0n) is 10.1. The standard InChI is InChI=1S/C11H23N3O2/c1-11(15)13-5-4-12-3-2-6-14-7-9-16-10-8-14/h12H,2-10H2,1H3,(H,13,15). The quantitative estimate of drug-likeness (QED) is 0.574. The van der Waals surface area contributed by atoms with E-state index in [-0.39, 0.29) is 5.91 Å². The first-order chi connectivity index (χ1) is 7.79. The van der Waals surface area contributed by atoms with E-state index in [1.54, 1.807) is 6.92 Å². The molecule has 0 saturated carbocycles. The lowest BCUT2D eigenvalue weighted by Gasteiger charge is -2.26. The normalized spacial score (nSPS) is 17.3.